The second kappa shape index (κ2) is 6.27. The number of nitrogens with zero attached hydrogens (tertiary/aromatic N) is 2. The van der Waals surface area contributed by atoms with Crippen molar-refractivity contribution in [3.05, 3.63) is 34.1 Å². The van der Waals surface area contributed by atoms with Gasteiger partial charge < -0.3 is 9.73 Å². The van der Waals surface area contributed by atoms with E-state index in [9.17, 15) is 4.79 Å². The van der Waals surface area contributed by atoms with E-state index in [4.69, 9.17) is 27.6 Å². The highest BCUT2D eigenvalue weighted by molar-refractivity contribution is 7.99. The van der Waals surface area contributed by atoms with Gasteiger partial charge in [0.25, 0.3) is 5.22 Å². The van der Waals surface area contributed by atoms with Crippen molar-refractivity contribution in [3.8, 4) is 0 Å². The van der Waals surface area contributed by atoms with Crippen molar-refractivity contribution in [1.29, 1.82) is 0 Å². The van der Waals surface area contributed by atoms with Crippen molar-refractivity contribution in [2.24, 2.45) is 0 Å². The fourth-order valence-corrected chi connectivity index (χ4v) is 2.42. The third kappa shape index (κ3) is 4.41. The van der Waals surface area contributed by atoms with Gasteiger partial charge in [0.05, 0.1) is 5.75 Å². The molecule has 5 nitrogen and oxygen atoms in total. The van der Waals surface area contributed by atoms with Gasteiger partial charge in [-0.3, -0.25) is 4.79 Å². The van der Waals surface area contributed by atoms with Gasteiger partial charge in [-0.2, -0.15) is 0 Å². The summed E-state index contributed by atoms with van der Waals surface area (Å²) in [6.45, 7) is 1.69. The molecule has 0 aliphatic heterocycles. The smallest absolute Gasteiger partial charge is 0.277 e. The van der Waals surface area contributed by atoms with E-state index in [0.29, 0.717) is 26.8 Å². The minimum Gasteiger partial charge on any atom is -0.416 e. The fourth-order valence-electron chi connectivity index (χ4n) is 1.29. The lowest BCUT2D eigenvalue weighted by Gasteiger charge is -2.05. The first-order valence-corrected chi connectivity index (χ1v) is 6.96. The lowest BCUT2D eigenvalue weighted by molar-refractivity contribution is -0.113. The van der Waals surface area contributed by atoms with Crippen LogP contribution >= 0.6 is 35.0 Å². The maximum Gasteiger partial charge on any atom is 0.277 e. The highest BCUT2D eigenvalue weighted by Crippen LogP contribution is 2.23. The van der Waals surface area contributed by atoms with E-state index >= 15 is 0 Å². The Morgan fingerprint density at radius 3 is 2.58 bits per heavy atom. The van der Waals surface area contributed by atoms with Gasteiger partial charge >= 0.3 is 0 Å². The first-order valence-electron chi connectivity index (χ1n) is 5.22. The molecule has 1 amide bonds. The Bertz CT molecular complexity index is 583. The van der Waals surface area contributed by atoms with E-state index in [1.807, 2.05) is 0 Å². The normalized spacial score (nSPS) is 10.5. The Kier molecular flexibility index (Phi) is 4.68. The summed E-state index contributed by atoms with van der Waals surface area (Å²) in [6, 6.07) is 4.83. The molecule has 0 radical (unpaired) electrons. The maximum atomic E-state index is 11.7. The van der Waals surface area contributed by atoms with E-state index in [-0.39, 0.29) is 11.7 Å². The molecule has 0 atom stereocenters. The van der Waals surface area contributed by atoms with Crippen LogP contribution in [0.25, 0.3) is 0 Å². The van der Waals surface area contributed by atoms with Crippen LogP contribution in [0.15, 0.2) is 27.8 Å². The monoisotopic (exact) mass is 317 g/mol. The van der Waals surface area contributed by atoms with Crippen LogP contribution in [0.2, 0.25) is 10.0 Å². The van der Waals surface area contributed by atoms with Crippen molar-refractivity contribution in [1.82, 2.24) is 10.2 Å². The van der Waals surface area contributed by atoms with Gasteiger partial charge in [0.2, 0.25) is 11.8 Å². The SMILES string of the molecule is Cc1nnc(SCC(=O)Nc2cc(Cl)cc(Cl)c2)o1. The first-order chi connectivity index (χ1) is 9.02. The molecule has 1 aromatic heterocycles. The Labute approximate surface area is 123 Å². The third-order valence-electron chi connectivity index (χ3n) is 1.98. The molecule has 0 bridgehead atoms. The van der Waals surface area contributed by atoms with E-state index in [1.54, 1.807) is 25.1 Å². The number of nitrogens with one attached hydrogen (secondary N) is 1. The number of halogens is 2. The summed E-state index contributed by atoms with van der Waals surface area (Å²) in [5.74, 6) is 0.412. The van der Waals surface area contributed by atoms with E-state index in [2.05, 4.69) is 15.5 Å². The average molecular weight is 318 g/mol. The zero-order valence-corrected chi connectivity index (χ0v) is 12.1. The first kappa shape index (κ1) is 14.2. The predicted octanol–water partition coefficient (Wildman–Crippen LogP) is 3.42. The number of rotatable bonds is 4. The van der Waals surface area contributed by atoms with Crippen LogP contribution in [0.4, 0.5) is 5.69 Å². The Morgan fingerprint density at radius 2 is 2.00 bits per heavy atom. The molecule has 0 aliphatic rings. The van der Waals surface area contributed by atoms with Crippen LogP contribution in [-0.2, 0) is 4.79 Å². The topological polar surface area (TPSA) is 68.0 Å². The lowest BCUT2D eigenvalue weighted by atomic mass is 10.3. The van der Waals surface area contributed by atoms with Gasteiger partial charge in [0.1, 0.15) is 0 Å². The van der Waals surface area contributed by atoms with Gasteiger partial charge in [0.15, 0.2) is 0 Å². The molecule has 0 fully saturated rings. The quantitative estimate of drug-likeness (QED) is 0.875. The minimum absolute atomic E-state index is 0.158. The van der Waals surface area contributed by atoms with E-state index in [0.717, 1.165) is 11.8 Å². The van der Waals surface area contributed by atoms with Crippen molar-refractivity contribution >= 4 is 46.6 Å². The zero-order chi connectivity index (χ0) is 13.8. The summed E-state index contributed by atoms with van der Waals surface area (Å²) in [6.07, 6.45) is 0. The van der Waals surface area contributed by atoms with Crippen LogP contribution in [0, 0.1) is 6.92 Å². The van der Waals surface area contributed by atoms with Gasteiger partial charge in [-0.15, -0.1) is 10.2 Å². The molecule has 1 heterocycles. The molecule has 2 rings (SSSR count). The average Bonchev–Trinajstić information content (AvgIpc) is 2.71. The van der Waals surface area contributed by atoms with Crippen molar-refractivity contribution in [2.75, 3.05) is 11.1 Å². The summed E-state index contributed by atoms with van der Waals surface area (Å²) in [4.78, 5) is 11.7. The molecule has 0 unspecified atom stereocenters. The van der Waals surface area contributed by atoms with Crippen LogP contribution in [0.1, 0.15) is 5.89 Å². The fraction of sp³-hybridized carbons (Fsp3) is 0.182. The molecule has 19 heavy (non-hydrogen) atoms. The standard InChI is InChI=1S/C11H9Cl2N3O2S/c1-6-15-16-11(18-6)19-5-10(17)14-9-3-7(12)2-8(13)4-9/h2-4H,5H2,1H3,(H,14,17). The highest BCUT2D eigenvalue weighted by Gasteiger charge is 2.08. The molecule has 2 aromatic rings. The number of carbonyl (C=O) groups is 1. The number of hydrogen-bond donors (Lipinski definition) is 1. The Hall–Kier alpha value is -1.24. The van der Waals surface area contributed by atoms with Gasteiger partial charge in [-0.05, 0) is 18.2 Å². The third-order valence-corrected chi connectivity index (χ3v) is 3.24. The summed E-state index contributed by atoms with van der Waals surface area (Å²) >= 11 is 12.8. The zero-order valence-electron chi connectivity index (χ0n) is 9.81. The largest absolute Gasteiger partial charge is 0.416 e. The van der Waals surface area contributed by atoms with Gasteiger partial charge in [0, 0.05) is 22.7 Å². The number of amides is 1. The summed E-state index contributed by atoms with van der Waals surface area (Å²) in [5, 5.41) is 11.4. The highest BCUT2D eigenvalue weighted by atomic mass is 35.5. The Balaban J connectivity index is 1.90. The summed E-state index contributed by atoms with van der Waals surface area (Å²) < 4.78 is 5.14. The molecule has 0 aliphatic carbocycles. The van der Waals surface area contributed by atoms with Crippen LogP contribution < -0.4 is 5.32 Å². The molecule has 8 heteroatoms. The van der Waals surface area contributed by atoms with E-state index < -0.39 is 0 Å². The number of hydrogen-bond acceptors (Lipinski definition) is 5. The number of thioether (sulfide) groups is 1. The van der Waals surface area contributed by atoms with Crippen LogP contribution in [-0.4, -0.2) is 21.9 Å². The molecule has 0 saturated carbocycles. The van der Waals surface area contributed by atoms with Crippen LogP contribution in [0.3, 0.4) is 0 Å². The van der Waals surface area contributed by atoms with Gasteiger partial charge in [-0.1, -0.05) is 35.0 Å². The molecule has 1 aromatic carbocycles. The van der Waals surface area contributed by atoms with Crippen molar-refractivity contribution in [3.63, 3.8) is 0 Å². The Morgan fingerprint density at radius 1 is 1.32 bits per heavy atom. The second-order valence-electron chi connectivity index (χ2n) is 3.58. The predicted molar refractivity (Wildman–Crippen MR) is 74.9 cm³/mol. The molecular weight excluding hydrogens is 309 g/mol. The van der Waals surface area contributed by atoms with Crippen molar-refractivity contribution < 1.29 is 9.21 Å². The van der Waals surface area contributed by atoms with E-state index in [1.165, 1.54) is 0 Å². The summed E-state index contributed by atoms with van der Waals surface area (Å²) in [5.41, 5.74) is 0.546. The summed E-state index contributed by atoms with van der Waals surface area (Å²) in [7, 11) is 0. The molecule has 100 valence electrons. The minimum atomic E-state index is -0.209. The van der Waals surface area contributed by atoms with Crippen molar-refractivity contribution in [2.45, 2.75) is 12.1 Å². The lowest BCUT2D eigenvalue weighted by Crippen LogP contribution is -2.13. The number of benzene rings is 1. The maximum absolute atomic E-state index is 11.7. The second-order valence-corrected chi connectivity index (χ2v) is 5.38. The number of aromatic nitrogens is 2. The molecule has 0 spiro atoms. The molecule has 1 N–H and O–H groups in total. The number of carbonyl (C=O) groups excluding carboxylic acids is 1. The number of aryl methyl sites for hydroxylation is 1. The molecular formula is C11H9Cl2N3O2S. The molecule has 0 saturated heterocycles. The van der Waals surface area contributed by atoms with Gasteiger partial charge in [-0.25, -0.2) is 0 Å². The number of anilines is 1. The van der Waals surface area contributed by atoms with Crippen LogP contribution in [0.5, 0.6) is 0 Å².